The average molecular weight is 338 g/mol. The number of rotatable bonds is 3. The molecule has 0 fully saturated rings. The smallest absolute Gasteiger partial charge is 0.240 e. The molecule has 0 saturated heterocycles. The summed E-state index contributed by atoms with van der Waals surface area (Å²) in [6.45, 7) is 1.37. The second kappa shape index (κ2) is 6.89. The van der Waals surface area contributed by atoms with Crippen LogP contribution in [0.25, 0.3) is 0 Å². The fraction of sp³-hybridized carbons (Fsp3) is 0.350. The van der Waals surface area contributed by atoms with Crippen molar-refractivity contribution < 1.29 is 4.79 Å². The summed E-state index contributed by atoms with van der Waals surface area (Å²) in [4.78, 5) is 16.1. The van der Waals surface area contributed by atoms with E-state index >= 15 is 0 Å². The van der Waals surface area contributed by atoms with Crippen LogP contribution in [0.3, 0.4) is 0 Å². The SMILES string of the molecule is O=C(CN1CCSc2ccccc21)NC1CCCc2ccccc21. The summed E-state index contributed by atoms with van der Waals surface area (Å²) in [6.07, 6.45) is 3.31. The Kier molecular flexibility index (Phi) is 4.48. The van der Waals surface area contributed by atoms with Gasteiger partial charge in [-0.3, -0.25) is 4.79 Å². The van der Waals surface area contributed by atoms with E-state index in [1.807, 2.05) is 17.8 Å². The molecule has 0 bridgehead atoms. The van der Waals surface area contributed by atoms with Crippen LogP contribution in [0, 0.1) is 0 Å². The largest absolute Gasteiger partial charge is 0.360 e. The summed E-state index contributed by atoms with van der Waals surface area (Å²) in [5.74, 6) is 1.16. The number of fused-ring (bicyclic) bond motifs is 2. The molecule has 1 atom stereocenters. The van der Waals surface area contributed by atoms with Crippen molar-refractivity contribution >= 4 is 23.4 Å². The lowest BCUT2D eigenvalue weighted by Crippen LogP contribution is -2.41. The van der Waals surface area contributed by atoms with Gasteiger partial charge in [-0.2, -0.15) is 0 Å². The number of amides is 1. The number of carbonyl (C=O) groups excluding carboxylic acids is 1. The van der Waals surface area contributed by atoms with Crippen LogP contribution in [0.5, 0.6) is 0 Å². The average Bonchev–Trinajstić information content (AvgIpc) is 2.62. The van der Waals surface area contributed by atoms with E-state index in [1.54, 1.807) is 0 Å². The minimum absolute atomic E-state index is 0.124. The number of hydrogen-bond donors (Lipinski definition) is 1. The lowest BCUT2D eigenvalue weighted by atomic mass is 9.88. The molecule has 0 radical (unpaired) electrons. The molecular formula is C20H22N2OS. The minimum atomic E-state index is 0.124. The number of benzene rings is 2. The Morgan fingerprint density at radius 2 is 2.00 bits per heavy atom. The van der Waals surface area contributed by atoms with Crippen molar-refractivity contribution in [2.45, 2.75) is 30.2 Å². The molecule has 1 aliphatic carbocycles. The molecule has 0 saturated carbocycles. The number of nitrogens with one attached hydrogen (secondary N) is 1. The topological polar surface area (TPSA) is 32.3 Å². The Morgan fingerprint density at radius 1 is 1.17 bits per heavy atom. The first-order valence-corrected chi connectivity index (χ1v) is 9.64. The van der Waals surface area contributed by atoms with Crippen molar-refractivity contribution in [3.05, 3.63) is 59.7 Å². The van der Waals surface area contributed by atoms with Crippen molar-refractivity contribution in [2.75, 3.05) is 23.7 Å². The van der Waals surface area contributed by atoms with Gasteiger partial charge in [0.2, 0.25) is 5.91 Å². The van der Waals surface area contributed by atoms with Crippen molar-refractivity contribution in [1.29, 1.82) is 0 Å². The van der Waals surface area contributed by atoms with E-state index in [-0.39, 0.29) is 11.9 Å². The van der Waals surface area contributed by atoms with Gasteiger partial charge in [-0.05, 0) is 42.5 Å². The van der Waals surface area contributed by atoms with Crippen LogP contribution in [0.1, 0.15) is 30.0 Å². The molecule has 2 aliphatic rings. The normalized spacial score (nSPS) is 19.3. The van der Waals surface area contributed by atoms with E-state index in [4.69, 9.17) is 0 Å². The maximum absolute atomic E-state index is 12.6. The first-order chi connectivity index (χ1) is 11.8. The summed E-state index contributed by atoms with van der Waals surface area (Å²) in [5, 5.41) is 3.27. The summed E-state index contributed by atoms with van der Waals surface area (Å²) in [6, 6.07) is 17.0. The second-order valence-corrected chi connectivity index (χ2v) is 7.59. The Labute approximate surface area is 147 Å². The molecule has 0 aromatic heterocycles. The first kappa shape index (κ1) is 15.6. The molecule has 3 nitrogen and oxygen atoms in total. The van der Waals surface area contributed by atoms with E-state index in [1.165, 1.54) is 21.7 Å². The zero-order chi connectivity index (χ0) is 16.4. The molecule has 1 aliphatic heterocycles. The highest BCUT2D eigenvalue weighted by atomic mass is 32.2. The number of anilines is 1. The molecule has 1 amide bonds. The summed E-state index contributed by atoms with van der Waals surface area (Å²) in [7, 11) is 0. The fourth-order valence-electron chi connectivity index (χ4n) is 3.71. The molecule has 2 aromatic carbocycles. The van der Waals surface area contributed by atoms with Crippen molar-refractivity contribution in [2.24, 2.45) is 0 Å². The van der Waals surface area contributed by atoms with Gasteiger partial charge < -0.3 is 10.2 Å². The van der Waals surface area contributed by atoms with Crippen molar-refractivity contribution in [1.82, 2.24) is 5.32 Å². The van der Waals surface area contributed by atoms with Crippen LogP contribution in [0.2, 0.25) is 0 Å². The summed E-state index contributed by atoms with van der Waals surface area (Å²) >= 11 is 1.87. The van der Waals surface area contributed by atoms with Gasteiger partial charge in [-0.1, -0.05) is 36.4 Å². The number of thioether (sulfide) groups is 1. The molecular weight excluding hydrogens is 316 g/mol. The number of carbonyl (C=O) groups is 1. The highest BCUT2D eigenvalue weighted by Gasteiger charge is 2.24. The Bertz CT molecular complexity index is 684. The molecule has 4 rings (SSSR count). The highest BCUT2D eigenvalue weighted by molar-refractivity contribution is 7.99. The minimum Gasteiger partial charge on any atom is -0.360 e. The highest BCUT2D eigenvalue weighted by Crippen LogP contribution is 2.34. The van der Waals surface area contributed by atoms with Crippen LogP contribution >= 0.6 is 11.8 Å². The van der Waals surface area contributed by atoms with Gasteiger partial charge in [-0.25, -0.2) is 0 Å². The third-order valence-electron chi connectivity index (χ3n) is 4.86. The van der Waals surface area contributed by atoms with E-state index < -0.39 is 0 Å². The van der Waals surface area contributed by atoms with Crippen molar-refractivity contribution in [3.8, 4) is 0 Å². The van der Waals surface area contributed by atoms with Crippen LogP contribution in [0.4, 0.5) is 5.69 Å². The first-order valence-electron chi connectivity index (χ1n) is 8.65. The van der Waals surface area contributed by atoms with E-state index in [0.717, 1.165) is 31.6 Å². The number of para-hydroxylation sites is 1. The molecule has 0 spiro atoms. The Balaban J connectivity index is 1.45. The predicted molar refractivity (Wildman–Crippen MR) is 99.6 cm³/mol. The molecule has 1 unspecified atom stereocenters. The van der Waals surface area contributed by atoms with Gasteiger partial charge in [0.25, 0.3) is 0 Å². The molecule has 1 N–H and O–H groups in total. The van der Waals surface area contributed by atoms with Gasteiger partial charge >= 0.3 is 0 Å². The molecule has 2 aromatic rings. The quantitative estimate of drug-likeness (QED) is 0.924. The third kappa shape index (κ3) is 3.16. The number of nitrogens with zero attached hydrogens (tertiary/aromatic N) is 1. The molecule has 24 heavy (non-hydrogen) atoms. The Hall–Kier alpha value is -1.94. The van der Waals surface area contributed by atoms with Gasteiger partial charge in [0.15, 0.2) is 0 Å². The van der Waals surface area contributed by atoms with Gasteiger partial charge in [0.05, 0.1) is 18.3 Å². The summed E-state index contributed by atoms with van der Waals surface area (Å²) < 4.78 is 0. The predicted octanol–water partition coefficient (Wildman–Crippen LogP) is 3.79. The van der Waals surface area contributed by atoms with Crippen LogP contribution in [0.15, 0.2) is 53.4 Å². The maximum atomic E-state index is 12.6. The second-order valence-electron chi connectivity index (χ2n) is 6.45. The maximum Gasteiger partial charge on any atom is 0.240 e. The summed E-state index contributed by atoms with van der Waals surface area (Å²) in [5.41, 5.74) is 3.87. The van der Waals surface area contributed by atoms with Crippen LogP contribution in [-0.4, -0.2) is 24.7 Å². The van der Waals surface area contributed by atoms with E-state index in [2.05, 4.69) is 52.7 Å². The zero-order valence-corrected chi connectivity index (χ0v) is 14.5. The lowest BCUT2D eigenvalue weighted by molar-refractivity contribution is -0.120. The molecule has 124 valence electrons. The van der Waals surface area contributed by atoms with Gasteiger partial charge in [0, 0.05) is 17.2 Å². The van der Waals surface area contributed by atoms with E-state index in [9.17, 15) is 4.79 Å². The van der Waals surface area contributed by atoms with E-state index in [0.29, 0.717) is 6.54 Å². The fourth-order valence-corrected chi connectivity index (χ4v) is 4.76. The molecule has 1 heterocycles. The third-order valence-corrected chi connectivity index (χ3v) is 5.91. The Morgan fingerprint density at radius 3 is 2.96 bits per heavy atom. The lowest BCUT2D eigenvalue weighted by Gasteiger charge is -2.32. The van der Waals surface area contributed by atoms with Gasteiger partial charge in [0.1, 0.15) is 0 Å². The van der Waals surface area contributed by atoms with Gasteiger partial charge in [-0.15, -0.1) is 11.8 Å². The molecule has 4 heteroatoms. The zero-order valence-electron chi connectivity index (χ0n) is 13.7. The van der Waals surface area contributed by atoms with Crippen LogP contribution < -0.4 is 10.2 Å². The van der Waals surface area contributed by atoms with Crippen molar-refractivity contribution in [3.63, 3.8) is 0 Å². The standard InChI is InChI=1S/C20H22N2OS/c23-20(14-22-12-13-24-19-11-4-3-10-18(19)22)21-17-9-5-7-15-6-1-2-8-16(15)17/h1-4,6,8,10-11,17H,5,7,9,12-14H2,(H,21,23). The number of hydrogen-bond acceptors (Lipinski definition) is 3. The number of aryl methyl sites for hydroxylation is 1. The van der Waals surface area contributed by atoms with Crippen LogP contribution in [-0.2, 0) is 11.2 Å². The monoisotopic (exact) mass is 338 g/mol.